The van der Waals surface area contributed by atoms with Crippen LogP contribution in [-0.4, -0.2) is 38.8 Å². The van der Waals surface area contributed by atoms with Gasteiger partial charge in [0.25, 0.3) is 0 Å². The van der Waals surface area contributed by atoms with Crippen molar-refractivity contribution < 1.29 is 9.53 Å². The van der Waals surface area contributed by atoms with Crippen molar-refractivity contribution in [2.45, 2.75) is 25.8 Å². The maximum atomic E-state index is 11.5. The molecule has 1 saturated heterocycles. The molecule has 1 aliphatic heterocycles. The Balaban J connectivity index is 2.14. The van der Waals surface area contributed by atoms with Crippen molar-refractivity contribution in [2.75, 3.05) is 26.8 Å². The van der Waals surface area contributed by atoms with E-state index in [4.69, 9.17) is 4.74 Å². The second kappa shape index (κ2) is 5.98. The second-order valence-corrected chi connectivity index (χ2v) is 4.02. The number of carbonyl (C=O) groups excluding carboxylic acids is 1. The summed E-state index contributed by atoms with van der Waals surface area (Å²) in [5.41, 5.74) is 0. The van der Waals surface area contributed by atoms with E-state index in [1.165, 1.54) is 0 Å². The van der Waals surface area contributed by atoms with Gasteiger partial charge in [0, 0.05) is 32.7 Å². The Kier molecular flexibility index (Phi) is 4.90. The van der Waals surface area contributed by atoms with E-state index in [1.54, 1.807) is 7.11 Å². The van der Waals surface area contributed by atoms with Crippen LogP contribution in [0.1, 0.15) is 19.8 Å². The Labute approximate surface area is 85.4 Å². The number of hydrogen-bond donors (Lipinski definition) is 2. The molecule has 2 atom stereocenters. The fraction of sp³-hybridized carbons (Fsp3) is 0.900. The molecule has 0 radical (unpaired) electrons. The van der Waals surface area contributed by atoms with Gasteiger partial charge >= 0.3 is 0 Å². The van der Waals surface area contributed by atoms with Gasteiger partial charge in [0.15, 0.2) is 0 Å². The van der Waals surface area contributed by atoms with Gasteiger partial charge in [0.2, 0.25) is 5.91 Å². The Morgan fingerprint density at radius 3 is 3.07 bits per heavy atom. The zero-order valence-corrected chi connectivity index (χ0v) is 9.01. The lowest BCUT2D eigenvalue weighted by atomic mass is 10.1. The zero-order valence-electron chi connectivity index (χ0n) is 9.01. The van der Waals surface area contributed by atoms with Gasteiger partial charge in [-0.15, -0.1) is 0 Å². The summed E-state index contributed by atoms with van der Waals surface area (Å²) in [6, 6.07) is 0.331. The normalized spacial score (nSPS) is 23.4. The minimum absolute atomic E-state index is 0.142. The Morgan fingerprint density at radius 2 is 2.50 bits per heavy atom. The van der Waals surface area contributed by atoms with E-state index in [9.17, 15) is 4.79 Å². The summed E-state index contributed by atoms with van der Waals surface area (Å²) in [5.74, 6) is 0.442. The van der Waals surface area contributed by atoms with Gasteiger partial charge in [0.05, 0.1) is 0 Å². The molecule has 1 fully saturated rings. The highest BCUT2D eigenvalue weighted by atomic mass is 16.5. The number of hydrogen-bond acceptors (Lipinski definition) is 3. The maximum Gasteiger partial charge on any atom is 0.220 e. The van der Waals surface area contributed by atoms with Crippen LogP contribution in [0.25, 0.3) is 0 Å². The van der Waals surface area contributed by atoms with Gasteiger partial charge in [-0.1, -0.05) is 6.92 Å². The fourth-order valence-corrected chi connectivity index (χ4v) is 1.72. The first-order chi connectivity index (χ1) is 6.72. The van der Waals surface area contributed by atoms with Crippen LogP contribution in [0.5, 0.6) is 0 Å². The van der Waals surface area contributed by atoms with E-state index in [2.05, 4.69) is 10.6 Å². The molecular formula is C10H20N2O2. The lowest BCUT2D eigenvalue weighted by molar-refractivity contribution is -0.122. The van der Waals surface area contributed by atoms with E-state index in [0.29, 0.717) is 25.0 Å². The van der Waals surface area contributed by atoms with Crippen molar-refractivity contribution in [1.82, 2.24) is 10.6 Å². The van der Waals surface area contributed by atoms with E-state index in [-0.39, 0.29) is 5.91 Å². The lowest BCUT2D eigenvalue weighted by Crippen LogP contribution is -2.37. The molecule has 0 aliphatic carbocycles. The van der Waals surface area contributed by atoms with Crippen LogP contribution in [0.4, 0.5) is 0 Å². The summed E-state index contributed by atoms with van der Waals surface area (Å²) >= 11 is 0. The van der Waals surface area contributed by atoms with Crippen molar-refractivity contribution in [3.8, 4) is 0 Å². The summed E-state index contributed by atoms with van der Waals surface area (Å²) in [6.07, 6.45) is 1.61. The summed E-state index contributed by atoms with van der Waals surface area (Å²) in [5, 5.41) is 6.23. The highest BCUT2D eigenvalue weighted by molar-refractivity contribution is 5.76. The van der Waals surface area contributed by atoms with Crippen LogP contribution in [-0.2, 0) is 9.53 Å². The number of nitrogens with one attached hydrogen (secondary N) is 2. The smallest absolute Gasteiger partial charge is 0.220 e. The SMILES string of the molecule is COCC(C)CC(=O)N[C@@H]1CCNC1. The molecular weight excluding hydrogens is 180 g/mol. The van der Waals surface area contributed by atoms with E-state index in [1.807, 2.05) is 6.92 Å². The highest BCUT2D eigenvalue weighted by Crippen LogP contribution is 2.03. The van der Waals surface area contributed by atoms with Gasteiger partial charge in [-0.25, -0.2) is 0 Å². The Morgan fingerprint density at radius 1 is 1.71 bits per heavy atom. The standard InChI is InChI=1S/C10H20N2O2/c1-8(7-14-2)5-10(13)12-9-3-4-11-6-9/h8-9,11H,3-7H2,1-2H3,(H,12,13)/t8?,9-/m1/s1. The van der Waals surface area contributed by atoms with Gasteiger partial charge < -0.3 is 15.4 Å². The van der Waals surface area contributed by atoms with Crippen molar-refractivity contribution in [1.29, 1.82) is 0 Å². The van der Waals surface area contributed by atoms with Crippen molar-refractivity contribution in [2.24, 2.45) is 5.92 Å². The van der Waals surface area contributed by atoms with Crippen LogP contribution in [0.15, 0.2) is 0 Å². The third-order valence-electron chi connectivity index (χ3n) is 2.41. The van der Waals surface area contributed by atoms with Gasteiger partial charge in [-0.3, -0.25) is 4.79 Å². The van der Waals surface area contributed by atoms with Crippen LogP contribution in [0.2, 0.25) is 0 Å². The quantitative estimate of drug-likeness (QED) is 0.663. The summed E-state index contributed by atoms with van der Waals surface area (Å²) < 4.78 is 4.98. The predicted octanol–water partition coefficient (Wildman–Crippen LogP) is 0.137. The molecule has 0 aromatic rings. The highest BCUT2D eigenvalue weighted by Gasteiger charge is 2.17. The van der Waals surface area contributed by atoms with Crippen LogP contribution in [0.3, 0.4) is 0 Å². The fourth-order valence-electron chi connectivity index (χ4n) is 1.72. The Hall–Kier alpha value is -0.610. The van der Waals surface area contributed by atoms with Crippen molar-refractivity contribution >= 4 is 5.91 Å². The van der Waals surface area contributed by atoms with Crippen LogP contribution in [0, 0.1) is 5.92 Å². The van der Waals surface area contributed by atoms with Gasteiger partial charge in [0.1, 0.15) is 0 Å². The molecule has 0 saturated carbocycles. The molecule has 1 amide bonds. The summed E-state index contributed by atoms with van der Waals surface area (Å²) in [7, 11) is 1.66. The molecule has 4 nitrogen and oxygen atoms in total. The molecule has 1 heterocycles. The molecule has 0 spiro atoms. The summed E-state index contributed by atoms with van der Waals surface area (Å²) in [6.45, 7) is 4.59. The second-order valence-electron chi connectivity index (χ2n) is 4.02. The number of carbonyl (C=O) groups is 1. The number of methoxy groups -OCH3 is 1. The first kappa shape index (κ1) is 11.5. The first-order valence-electron chi connectivity index (χ1n) is 5.21. The third-order valence-corrected chi connectivity index (χ3v) is 2.41. The Bertz CT molecular complexity index is 179. The minimum Gasteiger partial charge on any atom is -0.384 e. The van der Waals surface area contributed by atoms with E-state index < -0.39 is 0 Å². The van der Waals surface area contributed by atoms with Crippen molar-refractivity contribution in [3.63, 3.8) is 0 Å². The molecule has 2 N–H and O–H groups in total. The van der Waals surface area contributed by atoms with Gasteiger partial charge in [-0.2, -0.15) is 0 Å². The van der Waals surface area contributed by atoms with Crippen LogP contribution < -0.4 is 10.6 Å². The average Bonchev–Trinajstić information content (AvgIpc) is 2.56. The molecule has 14 heavy (non-hydrogen) atoms. The lowest BCUT2D eigenvalue weighted by Gasteiger charge is -2.14. The van der Waals surface area contributed by atoms with E-state index >= 15 is 0 Å². The minimum atomic E-state index is 0.142. The first-order valence-corrected chi connectivity index (χ1v) is 5.21. The molecule has 1 rings (SSSR count). The molecule has 4 heteroatoms. The zero-order chi connectivity index (χ0) is 10.4. The third kappa shape index (κ3) is 4.07. The van der Waals surface area contributed by atoms with Gasteiger partial charge in [-0.05, 0) is 18.9 Å². The largest absolute Gasteiger partial charge is 0.384 e. The molecule has 1 unspecified atom stereocenters. The predicted molar refractivity (Wildman–Crippen MR) is 55.1 cm³/mol. The molecule has 0 aromatic heterocycles. The number of ether oxygens (including phenoxy) is 1. The average molecular weight is 200 g/mol. The van der Waals surface area contributed by atoms with Crippen LogP contribution >= 0.6 is 0 Å². The maximum absolute atomic E-state index is 11.5. The summed E-state index contributed by atoms with van der Waals surface area (Å²) in [4.78, 5) is 11.5. The number of rotatable bonds is 5. The van der Waals surface area contributed by atoms with E-state index in [0.717, 1.165) is 19.5 Å². The monoisotopic (exact) mass is 200 g/mol. The van der Waals surface area contributed by atoms with Crippen molar-refractivity contribution in [3.05, 3.63) is 0 Å². The molecule has 82 valence electrons. The molecule has 0 bridgehead atoms. The topological polar surface area (TPSA) is 50.4 Å². The number of amides is 1. The molecule has 0 aromatic carbocycles. The molecule has 1 aliphatic rings.